The molecule has 9 heteroatoms. The second-order valence-electron chi connectivity index (χ2n) is 9.94. The van der Waals surface area contributed by atoms with Crippen LogP contribution in [-0.2, 0) is 46.2 Å². The van der Waals surface area contributed by atoms with E-state index in [9.17, 15) is 14.4 Å². The molecule has 1 saturated heterocycles. The van der Waals surface area contributed by atoms with Gasteiger partial charge in [-0.05, 0) is 47.2 Å². The van der Waals surface area contributed by atoms with Crippen molar-refractivity contribution < 1.29 is 42.8 Å². The molecule has 0 spiro atoms. The Hall–Kier alpha value is -3.59. The van der Waals surface area contributed by atoms with Gasteiger partial charge in [-0.3, -0.25) is 14.4 Å². The van der Waals surface area contributed by atoms with E-state index in [0.717, 1.165) is 40.2 Å². The van der Waals surface area contributed by atoms with Crippen LogP contribution in [-0.4, -0.2) is 56.0 Å². The zero-order chi connectivity index (χ0) is 28.1. The molecule has 1 fully saturated rings. The second-order valence-corrected chi connectivity index (χ2v) is 9.94. The number of esters is 3. The quantitative estimate of drug-likeness (QED) is 0.361. The third kappa shape index (κ3) is 6.89. The van der Waals surface area contributed by atoms with Crippen molar-refractivity contribution in [2.45, 2.75) is 71.9 Å². The molecular formula is C30H36O9. The largest absolute Gasteiger partial charge is 0.486 e. The average Bonchev–Trinajstić information content (AvgIpc) is 2.89. The molecule has 0 unspecified atom stereocenters. The SMILES string of the molecule is CCc1ccc([C@@H]2O[C@H](COC(C)=O)[C@@H](C)[C@H](OC(C)=O)[C@H]2OC(C)=O)cc1Cc1ccc2c(c1)OCCO2. The van der Waals surface area contributed by atoms with E-state index in [1.807, 2.05) is 43.3 Å². The van der Waals surface area contributed by atoms with Crippen LogP contribution in [0.3, 0.4) is 0 Å². The number of benzene rings is 2. The first-order chi connectivity index (χ1) is 18.7. The molecule has 2 aromatic carbocycles. The van der Waals surface area contributed by atoms with Crippen LogP contribution in [0, 0.1) is 5.92 Å². The maximum absolute atomic E-state index is 12.1. The van der Waals surface area contributed by atoms with E-state index >= 15 is 0 Å². The average molecular weight is 541 g/mol. The summed E-state index contributed by atoms with van der Waals surface area (Å²) in [5, 5.41) is 0. The van der Waals surface area contributed by atoms with Crippen LogP contribution in [0.4, 0.5) is 0 Å². The van der Waals surface area contributed by atoms with Gasteiger partial charge >= 0.3 is 17.9 Å². The molecule has 2 heterocycles. The molecule has 0 bridgehead atoms. The second kappa shape index (κ2) is 12.5. The lowest BCUT2D eigenvalue weighted by atomic mass is 9.84. The minimum atomic E-state index is -0.885. The van der Waals surface area contributed by atoms with Crippen molar-refractivity contribution in [3.63, 3.8) is 0 Å². The fraction of sp³-hybridized carbons (Fsp3) is 0.500. The van der Waals surface area contributed by atoms with Crippen molar-refractivity contribution in [3.05, 3.63) is 58.7 Å². The van der Waals surface area contributed by atoms with Crippen LogP contribution in [0.15, 0.2) is 36.4 Å². The Labute approximate surface area is 228 Å². The van der Waals surface area contributed by atoms with E-state index in [4.69, 9.17) is 28.4 Å². The molecule has 2 aromatic rings. The molecule has 2 aliphatic heterocycles. The predicted octanol–water partition coefficient (Wildman–Crippen LogP) is 4.11. The Balaban J connectivity index is 1.70. The highest BCUT2D eigenvalue weighted by Crippen LogP contribution is 2.40. The maximum atomic E-state index is 12.1. The van der Waals surface area contributed by atoms with Crippen molar-refractivity contribution in [2.24, 2.45) is 5.92 Å². The van der Waals surface area contributed by atoms with Gasteiger partial charge in [-0.1, -0.05) is 38.1 Å². The Kier molecular flexibility index (Phi) is 9.12. The van der Waals surface area contributed by atoms with E-state index in [1.54, 1.807) is 0 Å². The van der Waals surface area contributed by atoms with Crippen LogP contribution < -0.4 is 9.47 Å². The fourth-order valence-electron chi connectivity index (χ4n) is 5.17. The minimum absolute atomic E-state index is 0.0192. The summed E-state index contributed by atoms with van der Waals surface area (Å²) >= 11 is 0. The van der Waals surface area contributed by atoms with Crippen molar-refractivity contribution >= 4 is 17.9 Å². The summed E-state index contributed by atoms with van der Waals surface area (Å²) in [6.07, 6.45) is -1.55. The zero-order valence-corrected chi connectivity index (χ0v) is 23.1. The molecule has 0 aliphatic carbocycles. The number of carbonyl (C=O) groups excluding carboxylic acids is 3. The Morgan fingerprint density at radius 1 is 0.846 bits per heavy atom. The minimum Gasteiger partial charge on any atom is -0.486 e. The third-order valence-electron chi connectivity index (χ3n) is 7.04. The third-order valence-corrected chi connectivity index (χ3v) is 7.04. The van der Waals surface area contributed by atoms with Gasteiger partial charge in [-0.15, -0.1) is 0 Å². The predicted molar refractivity (Wildman–Crippen MR) is 141 cm³/mol. The number of hydrogen-bond acceptors (Lipinski definition) is 9. The normalized spacial score (nSPS) is 24.0. The van der Waals surface area contributed by atoms with Crippen molar-refractivity contribution in [1.82, 2.24) is 0 Å². The van der Waals surface area contributed by atoms with Gasteiger partial charge in [0.2, 0.25) is 0 Å². The first-order valence-corrected chi connectivity index (χ1v) is 13.3. The van der Waals surface area contributed by atoms with Gasteiger partial charge < -0.3 is 28.4 Å². The maximum Gasteiger partial charge on any atom is 0.303 e. The van der Waals surface area contributed by atoms with Gasteiger partial charge in [0.25, 0.3) is 0 Å². The van der Waals surface area contributed by atoms with Crippen LogP contribution in [0.2, 0.25) is 0 Å². The number of hydrogen-bond donors (Lipinski definition) is 0. The number of carbonyl (C=O) groups is 3. The molecular weight excluding hydrogens is 504 g/mol. The van der Waals surface area contributed by atoms with Gasteiger partial charge in [-0.25, -0.2) is 0 Å². The van der Waals surface area contributed by atoms with E-state index < -0.39 is 48.2 Å². The highest BCUT2D eigenvalue weighted by Gasteiger charge is 2.48. The van der Waals surface area contributed by atoms with E-state index in [1.165, 1.54) is 20.8 Å². The van der Waals surface area contributed by atoms with Crippen LogP contribution >= 0.6 is 0 Å². The highest BCUT2D eigenvalue weighted by atomic mass is 16.6. The van der Waals surface area contributed by atoms with Crippen LogP contribution in [0.5, 0.6) is 11.5 Å². The van der Waals surface area contributed by atoms with Gasteiger partial charge in [-0.2, -0.15) is 0 Å². The number of aryl methyl sites for hydroxylation is 1. The topological polar surface area (TPSA) is 107 Å². The smallest absolute Gasteiger partial charge is 0.303 e. The molecule has 0 radical (unpaired) electrons. The molecule has 4 rings (SSSR count). The molecule has 39 heavy (non-hydrogen) atoms. The van der Waals surface area contributed by atoms with Gasteiger partial charge in [0.05, 0.1) is 6.10 Å². The summed E-state index contributed by atoms with van der Waals surface area (Å²) in [6.45, 7) is 8.88. The van der Waals surface area contributed by atoms with E-state index in [-0.39, 0.29) is 6.61 Å². The number of rotatable bonds is 8. The lowest BCUT2D eigenvalue weighted by Gasteiger charge is -2.44. The standard InChI is InChI=1S/C30H36O9/c1-6-22-8-9-23(15-24(22)13-21-7-10-25-26(14-21)35-12-11-34-25)29-30(38-20(5)33)28(37-19(4)32)17(2)27(39-29)16-36-18(3)31/h7-10,14-15,17,27-30H,6,11-13,16H2,1-5H3/t17-,27-,28+,29+,30-/m1/s1. The monoisotopic (exact) mass is 540 g/mol. The fourth-order valence-corrected chi connectivity index (χ4v) is 5.17. The molecule has 210 valence electrons. The van der Waals surface area contributed by atoms with E-state index in [2.05, 4.69) is 6.92 Å². The zero-order valence-electron chi connectivity index (χ0n) is 23.1. The van der Waals surface area contributed by atoms with Crippen LogP contribution in [0.1, 0.15) is 63.0 Å². The van der Waals surface area contributed by atoms with Gasteiger partial charge in [0.1, 0.15) is 32.0 Å². The Morgan fingerprint density at radius 2 is 1.54 bits per heavy atom. The highest BCUT2D eigenvalue weighted by molar-refractivity contribution is 5.67. The van der Waals surface area contributed by atoms with Crippen molar-refractivity contribution in [1.29, 1.82) is 0 Å². The molecule has 2 aliphatic rings. The molecule has 5 atom stereocenters. The van der Waals surface area contributed by atoms with Crippen molar-refractivity contribution in [2.75, 3.05) is 19.8 Å². The first-order valence-electron chi connectivity index (χ1n) is 13.3. The summed E-state index contributed by atoms with van der Waals surface area (Å²) in [6, 6.07) is 12.0. The molecule has 0 N–H and O–H groups in total. The lowest BCUT2D eigenvalue weighted by Crippen LogP contribution is -2.54. The first kappa shape index (κ1) is 28.4. The summed E-state index contributed by atoms with van der Waals surface area (Å²) in [5.41, 5.74) is 4.07. The summed E-state index contributed by atoms with van der Waals surface area (Å²) in [4.78, 5) is 35.7. The lowest BCUT2D eigenvalue weighted by molar-refractivity contribution is -0.232. The van der Waals surface area contributed by atoms with E-state index in [0.29, 0.717) is 19.6 Å². The van der Waals surface area contributed by atoms with Crippen LogP contribution in [0.25, 0.3) is 0 Å². The Bertz CT molecular complexity index is 1210. The molecule has 0 saturated carbocycles. The summed E-state index contributed by atoms with van der Waals surface area (Å²) in [5.74, 6) is -0.401. The van der Waals surface area contributed by atoms with Gasteiger partial charge in [0.15, 0.2) is 17.6 Å². The molecule has 9 nitrogen and oxygen atoms in total. The van der Waals surface area contributed by atoms with Gasteiger partial charge in [0, 0.05) is 26.7 Å². The Morgan fingerprint density at radius 3 is 2.21 bits per heavy atom. The molecule has 0 amide bonds. The number of ether oxygens (including phenoxy) is 6. The molecule has 0 aromatic heterocycles. The van der Waals surface area contributed by atoms with Crippen molar-refractivity contribution in [3.8, 4) is 11.5 Å². The summed E-state index contributed by atoms with van der Waals surface area (Å²) < 4.78 is 34.5. The summed E-state index contributed by atoms with van der Waals surface area (Å²) in [7, 11) is 0. The number of fused-ring (bicyclic) bond motifs is 1.